The number of amides is 1. The van der Waals surface area contributed by atoms with Gasteiger partial charge in [-0.2, -0.15) is 0 Å². The second-order valence-electron chi connectivity index (χ2n) is 4.50. The predicted molar refractivity (Wildman–Crippen MR) is 59.6 cm³/mol. The molecule has 15 heavy (non-hydrogen) atoms. The molecule has 1 aliphatic carbocycles. The van der Waals surface area contributed by atoms with Crippen LogP contribution in [0.2, 0.25) is 0 Å². The third-order valence-corrected chi connectivity index (χ3v) is 3.33. The van der Waals surface area contributed by atoms with E-state index in [1.807, 2.05) is 6.92 Å². The number of likely N-dealkylation sites (N-methyl/N-ethyl adjacent to an activating group) is 1. The maximum absolute atomic E-state index is 11.7. The molecule has 0 bridgehead atoms. The highest BCUT2D eigenvalue weighted by Crippen LogP contribution is 2.27. The van der Waals surface area contributed by atoms with Gasteiger partial charge in [0.15, 0.2) is 0 Å². The lowest BCUT2D eigenvalue weighted by Gasteiger charge is -2.37. The van der Waals surface area contributed by atoms with Crippen molar-refractivity contribution in [3.05, 3.63) is 0 Å². The molecule has 1 amide bonds. The van der Waals surface area contributed by atoms with Gasteiger partial charge in [-0.05, 0) is 26.8 Å². The zero-order valence-corrected chi connectivity index (χ0v) is 9.68. The Morgan fingerprint density at radius 1 is 1.40 bits per heavy atom. The van der Waals surface area contributed by atoms with Gasteiger partial charge in [-0.3, -0.25) is 4.79 Å². The van der Waals surface area contributed by atoms with E-state index in [-0.39, 0.29) is 24.1 Å². The van der Waals surface area contributed by atoms with E-state index in [4.69, 9.17) is 0 Å². The number of aliphatic hydroxyl groups excluding tert-OH is 1. The first-order chi connectivity index (χ1) is 7.13. The molecular weight excluding hydrogens is 192 g/mol. The van der Waals surface area contributed by atoms with E-state index in [9.17, 15) is 9.90 Å². The summed E-state index contributed by atoms with van der Waals surface area (Å²) in [5, 5.41) is 15.3. The molecule has 4 nitrogen and oxygen atoms in total. The Labute approximate surface area is 91.4 Å². The summed E-state index contributed by atoms with van der Waals surface area (Å²) in [5.41, 5.74) is -0.361. The molecule has 1 aliphatic rings. The average molecular weight is 214 g/mol. The molecule has 0 spiro atoms. The number of carbonyl (C=O) groups is 1. The van der Waals surface area contributed by atoms with E-state index < -0.39 is 0 Å². The van der Waals surface area contributed by atoms with Crippen LogP contribution in [0.25, 0.3) is 0 Å². The molecule has 0 aromatic heterocycles. The van der Waals surface area contributed by atoms with Gasteiger partial charge >= 0.3 is 0 Å². The van der Waals surface area contributed by atoms with E-state index in [0.717, 1.165) is 25.7 Å². The lowest BCUT2D eigenvalue weighted by Crippen LogP contribution is -2.56. The summed E-state index contributed by atoms with van der Waals surface area (Å²) < 4.78 is 0. The zero-order valence-electron chi connectivity index (χ0n) is 9.68. The van der Waals surface area contributed by atoms with Gasteiger partial charge in [0.05, 0.1) is 18.2 Å². The molecule has 0 aromatic carbocycles. The summed E-state index contributed by atoms with van der Waals surface area (Å²) >= 11 is 0. The van der Waals surface area contributed by atoms with Crippen molar-refractivity contribution < 1.29 is 9.90 Å². The van der Waals surface area contributed by atoms with Crippen LogP contribution in [0.3, 0.4) is 0 Å². The molecule has 4 heteroatoms. The van der Waals surface area contributed by atoms with E-state index >= 15 is 0 Å². The molecule has 1 unspecified atom stereocenters. The van der Waals surface area contributed by atoms with Gasteiger partial charge in [0.1, 0.15) is 0 Å². The Hall–Kier alpha value is -0.610. The topological polar surface area (TPSA) is 61.4 Å². The lowest BCUT2D eigenvalue weighted by molar-refractivity contribution is -0.125. The number of nitrogens with one attached hydrogen (secondary N) is 2. The maximum Gasteiger partial charge on any atom is 0.237 e. The van der Waals surface area contributed by atoms with Gasteiger partial charge in [-0.15, -0.1) is 0 Å². The lowest BCUT2D eigenvalue weighted by atomic mass is 9.82. The van der Waals surface area contributed by atoms with Crippen LogP contribution in [0.4, 0.5) is 0 Å². The Kier molecular flexibility index (Phi) is 4.54. The zero-order chi connectivity index (χ0) is 11.3. The third kappa shape index (κ3) is 3.18. The number of hydrogen-bond donors (Lipinski definition) is 3. The molecule has 0 saturated heterocycles. The molecule has 1 atom stereocenters. The largest absolute Gasteiger partial charge is 0.394 e. The first-order valence-electron chi connectivity index (χ1n) is 5.74. The molecule has 0 aliphatic heterocycles. The van der Waals surface area contributed by atoms with E-state index in [1.165, 1.54) is 6.42 Å². The molecular formula is C11H22N2O2. The van der Waals surface area contributed by atoms with Crippen LogP contribution in [0.5, 0.6) is 0 Å². The quantitative estimate of drug-likeness (QED) is 0.635. The molecule has 0 heterocycles. The summed E-state index contributed by atoms with van der Waals surface area (Å²) in [5.74, 6) is -0.0200. The van der Waals surface area contributed by atoms with Crippen molar-refractivity contribution in [2.24, 2.45) is 0 Å². The molecule has 1 saturated carbocycles. The number of hydrogen-bond acceptors (Lipinski definition) is 3. The van der Waals surface area contributed by atoms with Crippen molar-refractivity contribution in [2.75, 3.05) is 13.7 Å². The van der Waals surface area contributed by atoms with Gasteiger partial charge in [0.25, 0.3) is 0 Å². The summed E-state index contributed by atoms with van der Waals surface area (Å²) in [7, 11) is 1.76. The van der Waals surface area contributed by atoms with E-state index in [1.54, 1.807) is 7.05 Å². The highest BCUT2D eigenvalue weighted by molar-refractivity contribution is 5.82. The standard InChI is InChI=1S/C11H22N2O2/c1-9(12-2)10(15)13-11(8-14)6-4-3-5-7-11/h9,12,14H,3-8H2,1-2H3,(H,13,15). The number of aliphatic hydroxyl groups is 1. The average Bonchev–Trinajstić information content (AvgIpc) is 2.29. The molecule has 0 aromatic rings. The molecule has 1 fully saturated rings. The van der Waals surface area contributed by atoms with Crippen LogP contribution in [0.15, 0.2) is 0 Å². The molecule has 3 N–H and O–H groups in total. The molecule has 1 rings (SSSR count). The summed E-state index contributed by atoms with van der Waals surface area (Å²) in [4.78, 5) is 11.7. The van der Waals surface area contributed by atoms with Gasteiger partial charge in [-0.1, -0.05) is 19.3 Å². The Bertz CT molecular complexity index is 213. The van der Waals surface area contributed by atoms with Gasteiger partial charge in [-0.25, -0.2) is 0 Å². The minimum atomic E-state index is -0.361. The van der Waals surface area contributed by atoms with Gasteiger partial charge in [0, 0.05) is 0 Å². The Morgan fingerprint density at radius 3 is 2.47 bits per heavy atom. The second kappa shape index (κ2) is 5.47. The summed E-state index contributed by atoms with van der Waals surface area (Å²) in [6.07, 6.45) is 5.18. The predicted octanol–water partition coefficient (Wildman–Crippen LogP) is 0.406. The highest BCUT2D eigenvalue weighted by atomic mass is 16.3. The summed E-state index contributed by atoms with van der Waals surface area (Å²) in [6, 6.07) is -0.199. The fraction of sp³-hybridized carbons (Fsp3) is 0.909. The maximum atomic E-state index is 11.7. The Balaban J connectivity index is 2.55. The smallest absolute Gasteiger partial charge is 0.237 e. The van der Waals surface area contributed by atoms with Crippen molar-refractivity contribution in [1.29, 1.82) is 0 Å². The third-order valence-electron chi connectivity index (χ3n) is 3.33. The highest BCUT2D eigenvalue weighted by Gasteiger charge is 2.33. The minimum absolute atomic E-state index is 0.0200. The first kappa shape index (κ1) is 12.5. The second-order valence-corrected chi connectivity index (χ2v) is 4.50. The van der Waals surface area contributed by atoms with Gasteiger partial charge in [0.2, 0.25) is 5.91 Å². The molecule has 88 valence electrons. The SMILES string of the molecule is CNC(C)C(=O)NC1(CO)CCCCC1. The Morgan fingerprint density at radius 2 is 2.00 bits per heavy atom. The van der Waals surface area contributed by atoms with E-state index in [0.29, 0.717) is 0 Å². The van der Waals surface area contributed by atoms with Crippen molar-refractivity contribution in [3.8, 4) is 0 Å². The van der Waals surface area contributed by atoms with Crippen LogP contribution in [0, 0.1) is 0 Å². The van der Waals surface area contributed by atoms with Crippen molar-refractivity contribution in [2.45, 2.75) is 50.6 Å². The van der Waals surface area contributed by atoms with Crippen molar-refractivity contribution in [3.63, 3.8) is 0 Å². The number of carbonyl (C=O) groups excluding carboxylic acids is 1. The van der Waals surface area contributed by atoms with Gasteiger partial charge < -0.3 is 15.7 Å². The monoisotopic (exact) mass is 214 g/mol. The number of rotatable bonds is 4. The fourth-order valence-corrected chi connectivity index (χ4v) is 2.05. The normalized spacial score (nSPS) is 22.1. The van der Waals surface area contributed by atoms with Crippen LogP contribution in [-0.4, -0.2) is 36.2 Å². The first-order valence-corrected chi connectivity index (χ1v) is 5.74. The molecule has 0 radical (unpaired) electrons. The van der Waals surface area contributed by atoms with Crippen LogP contribution >= 0.6 is 0 Å². The summed E-state index contributed by atoms with van der Waals surface area (Å²) in [6.45, 7) is 1.87. The van der Waals surface area contributed by atoms with E-state index in [2.05, 4.69) is 10.6 Å². The minimum Gasteiger partial charge on any atom is -0.394 e. The van der Waals surface area contributed by atoms with Crippen LogP contribution in [-0.2, 0) is 4.79 Å². The van der Waals surface area contributed by atoms with Crippen molar-refractivity contribution >= 4 is 5.91 Å². The van der Waals surface area contributed by atoms with Crippen LogP contribution < -0.4 is 10.6 Å². The fourth-order valence-electron chi connectivity index (χ4n) is 2.05. The van der Waals surface area contributed by atoms with Crippen molar-refractivity contribution in [1.82, 2.24) is 10.6 Å². The van der Waals surface area contributed by atoms with Crippen LogP contribution in [0.1, 0.15) is 39.0 Å².